The number of halogens is 4. The smallest absolute Gasteiger partial charge is 0.403 e. The average Bonchev–Trinajstić information content (AvgIpc) is 3.30. The number of fused-ring (bicyclic) bond motifs is 1. The van der Waals surface area contributed by atoms with Crippen molar-refractivity contribution in [2.24, 2.45) is 0 Å². The van der Waals surface area contributed by atoms with Gasteiger partial charge in [-0.05, 0) is 80.8 Å². The molecule has 0 unspecified atom stereocenters. The molecule has 42 heavy (non-hydrogen) atoms. The average molecular weight is 603 g/mol. The molecular formula is C31H34F4N4O2S. The summed E-state index contributed by atoms with van der Waals surface area (Å²) < 4.78 is 70.2. The number of nitrogens with zero attached hydrogens (tertiary/aromatic N) is 4. The van der Waals surface area contributed by atoms with E-state index in [1.807, 2.05) is 47.8 Å². The molecule has 4 aromatic rings. The Kier molecular flexibility index (Phi) is 8.35. The lowest BCUT2D eigenvalue weighted by atomic mass is 9.93. The molecule has 0 amide bonds. The molecule has 0 spiro atoms. The van der Waals surface area contributed by atoms with E-state index in [1.165, 1.54) is 6.07 Å². The van der Waals surface area contributed by atoms with Crippen LogP contribution >= 0.6 is 0 Å². The third-order valence-corrected chi connectivity index (χ3v) is 9.13. The van der Waals surface area contributed by atoms with E-state index in [-0.39, 0.29) is 5.54 Å². The minimum absolute atomic E-state index is 0.0883. The van der Waals surface area contributed by atoms with Crippen molar-refractivity contribution in [3.05, 3.63) is 72.2 Å². The molecule has 0 atom stereocenters. The van der Waals surface area contributed by atoms with Crippen LogP contribution in [0.5, 0.6) is 5.75 Å². The van der Waals surface area contributed by atoms with Crippen LogP contribution in [0, 0.1) is 5.82 Å². The van der Waals surface area contributed by atoms with Crippen LogP contribution in [0.4, 0.5) is 23.2 Å². The normalized spacial score (nSPS) is 15.3. The topological polar surface area (TPSA) is 50.6 Å². The van der Waals surface area contributed by atoms with Gasteiger partial charge in [0.05, 0.1) is 5.69 Å². The molecule has 1 aliphatic rings. The summed E-state index contributed by atoms with van der Waals surface area (Å²) in [6, 6.07) is 15.1. The zero-order valence-corrected chi connectivity index (χ0v) is 24.9. The van der Waals surface area contributed by atoms with Gasteiger partial charge in [-0.25, -0.2) is 9.37 Å². The van der Waals surface area contributed by atoms with Crippen molar-refractivity contribution in [3.8, 4) is 22.7 Å². The number of pyridine rings is 1. The Morgan fingerprint density at radius 3 is 2.43 bits per heavy atom. The zero-order chi connectivity index (χ0) is 30.2. The Morgan fingerprint density at radius 2 is 1.76 bits per heavy atom. The summed E-state index contributed by atoms with van der Waals surface area (Å²) in [6.45, 7) is 6.07. The van der Waals surface area contributed by atoms with Gasteiger partial charge in [0.25, 0.3) is 0 Å². The molecule has 0 bridgehead atoms. The fourth-order valence-electron chi connectivity index (χ4n) is 5.36. The molecule has 1 aliphatic heterocycles. The molecule has 6 nitrogen and oxygen atoms in total. The van der Waals surface area contributed by atoms with Gasteiger partial charge in [-0.2, -0.15) is 0 Å². The first-order valence-corrected chi connectivity index (χ1v) is 15.2. The lowest BCUT2D eigenvalue weighted by Crippen LogP contribution is -2.50. The van der Waals surface area contributed by atoms with Gasteiger partial charge < -0.3 is 14.2 Å². The van der Waals surface area contributed by atoms with E-state index >= 15 is 0 Å². The second-order valence-electron chi connectivity index (χ2n) is 11.3. The maximum absolute atomic E-state index is 14.6. The molecule has 2 aromatic carbocycles. The summed E-state index contributed by atoms with van der Waals surface area (Å²) in [5, 5.41) is 0.946. The summed E-state index contributed by atoms with van der Waals surface area (Å²) in [4.78, 5) is 9.30. The van der Waals surface area contributed by atoms with Crippen molar-refractivity contribution in [2.75, 3.05) is 43.6 Å². The highest BCUT2D eigenvalue weighted by molar-refractivity contribution is 7.85. The van der Waals surface area contributed by atoms with Gasteiger partial charge in [-0.1, -0.05) is 6.07 Å². The zero-order valence-electron chi connectivity index (χ0n) is 24.0. The first-order valence-electron chi connectivity index (χ1n) is 13.8. The molecule has 11 heteroatoms. The number of aromatic nitrogens is 2. The van der Waals surface area contributed by atoms with Crippen LogP contribution in [0.15, 0.2) is 60.8 Å². The van der Waals surface area contributed by atoms with Gasteiger partial charge in [0, 0.05) is 83.6 Å². The highest BCUT2D eigenvalue weighted by Gasteiger charge is 2.33. The van der Waals surface area contributed by atoms with Gasteiger partial charge in [-0.15, -0.1) is 13.2 Å². The number of alkyl halides is 3. The van der Waals surface area contributed by atoms with Crippen LogP contribution < -0.4 is 9.64 Å². The summed E-state index contributed by atoms with van der Waals surface area (Å²) in [6.07, 6.45) is -1.25. The maximum atomic E-state index is 14.6. The van der Waals surface area contributed by atoms with Gasteiger partial charge in [-0.3, -0.25) is 9.11 Å². The number of ether oxygens (including phenoxy) is 1. The highest BCUT2D eigenvalue weighted by atomic mass is 32.2. The molecule has 3 heterocycles. The summed E-state index contributed by atoms with van der Waals surface area (Å²) in [7, 11) is 3.19. The third kappa shape index (κ3) is 6.62. The van der Waals surface area contributed by atoms with E-state index in [0.29, 0.717) is 28.4 Å². The van der Waals surface area contributed by atoms with Crippen LogP contribution in [0.3, 0.4) is 0 Å². The van der Waals surface area contributed by atoms with Crippen LogP contribution in [0.2, 0.25) is 0 Å². The van der Waals surface area contributed by atoms with Crippen molar-refractivity contribution in [2.45, 2.75) is 38.6 Å². The second kappa shape index (κ2) is 11.7. The first kappa shape index (κ1) is 30.0. The number of benzene rings is 2. The monoisotopic (exact) mass is 602 g/mol. The fraction of sp³-hybridized carbons (Fsp3) is 0.387. The lowest BCUT2D eigenvalue weighted by Gasteiger charge is -2.40. The fourth-order valence-corrected chi connectivity index (χ4v) is 6.41. The number of rotatable bonds is 8. The molecule has 2 aromatic heterocycles. The van der Waals surface area contributed by atoms with Crippen molar-refractivity contribution in [3.63, 3.8) is 0 Å². The van der Waals surface area contributed by atoms with E-state index in [1.54, 1.807) is 6.07 Å². The highest BCUT2D eigenvalue weighted by Crippen LogP contribution is 2.33. The van der Waals surface area contributed by atoms with E-state index < -0.39 is 28.7 Å². The van der Waals surface area contributed by atoms with Crippen LogP contribution in [-0.2, 0) is 17.2 Å². The quantitative estimate of drug-likeness (QED) is 0.214. The van der Waals surface area contributed by atoms with Gasteiger partial charge in [0.1, 0.15) is 5.65 Å². The number of anilines is 1. The Labute approximate surface area is 245 Å². The maximum Gasteiger partial charge on any atom is 0.573 e. The minimum Gasteiger partial charge on any atom is -0.403 e. The third-order valence-electron chi connectivity index (χ3n) is 7.85. The predicted molar refractivity (Wildman–Crippen MR) is 159 cm³/mol. The Hall–Kier alpha value is -3.44. The first-order chi connectivity index (χ1) is 19.8. The summed E-state index contributed by atoms with van der Waals surface area (Å²) in [5.41, 5.74) is 4.36. The molecule has 0 aliphatic carbocycles. The van der Waals surface area contributed by atoms with Gasteiger partial charge >= 0.3 is 6.36 Å². The Bertz CT molecular complexity index is 1610. The number of aryl methyl sites for hydroxylation is 1. The van der Waals surface area contributed by atoms with E-state index in [0.717, 1.165) is 60.4 Å². The molecule has 0 N–H and O–H groups in total. The second-order valence-corrected chi connectivity index (χ2v) is 13.0. The standard InChI is InChI=1S/C31H34F4N4O2S/c1-30(2,38-14-16-42(40)17-15-38)13-12-22-20-39(24-7-5-6-23(19-24)37(3)4)29-25(22)9-10-27(36-29)21-8-11-28(26(32)18-21)41-31(33,34)35/h5-11,18-20H,12-17H2,1-4H3. The molecule has 224 valence electrons. The summed E-state index contributed by atoms with van der Waals surface area (Å²) in [5.74, 6) is -0.616. The van der Waals surface area contributed by atoms with Crippen LogP contribution in [-0.4, -0.2) is 69.3 Å². The predicted octanol–water partition coefficient (Wildman–Crippen LogP) is 6.57. The number of hydrogen-bond acceptors (Lipinski definition) is 5. The molecule has 5 rings (SSSR count). The Morgan fingerprint density at radius 1 is 1.02 bits per heavy atom. The van der Waals surface area contributed by atoms with E-state index in [9.17, 15) is 21.8 Å². The van der Waals surface area contributed by atoms with Crippen molar-refractivity contribution in [1.29, 1.82) is 0 Å². The molecule has 0 radical (unpaired) electrons. The van der Waals surface area contributed by atoms with Crippen molar-refractivity contribution < 1.29 is 26.5 Å². The molecular weight excluding hydrogens is 568 g/mol. The van der Waals surface area contributed by atoms with E-state index in [2.05, 4.69) is 35.7 Å². The SMILES string of the molecule is CN(C)c1cccc(-n2cc(CCC(C)(C)N3CCS(=O)CC3)c3ccc(-c4ccc(OC(F)(F)F)c(F)c4)nc32)c1. The Balaban J connectivity index is 1.53. The van der Waals surface area contributed by atoms with Gasteiger partial charge in [0.2, 0.25) is 0 Å². The molecule has 1 saturated heterocycles. The lowest BCUT2D eigenvalue weighted by molar-refractivity contribution is -0.275. The largest absolute Gasteiger partial charge is 0.573 e. The van der Waals surface area contributed by atoms with Gasteiger partial charge in [0.15, 0.2) is 11.6 Å². The number of hydrogen-bond donors (Lipinski definition) is 0. The van der Waals surface area contributed by atoms with E-state index in [4.69, 9.17) is 4.98 Å². The van der Waals surface area contributed by atoms with Crippen molar-refractivity contribution >= 4 is 27.5 Å². The minimum atomic E-state index is -4.99. The van der Waals surface area contributed by atoms with Crippen LogP contribution in [0.25, 0.3) is 28.0 Å². The van der Waals surface area contributed by atoms with Crippen LogP contribution in [0.1, 0.15) is 25.8 Å². The molecule has 0 saturated carbocycles. The summed E-state index contributed by atoms with van der Waals surface area (Å²) >= 11 is 0. The van der Waals surface area contributed by atoms with Crippen molar-refractivity contribution in [1.82, 2.24) is 14.5 Å². The molecule has 1 fully saturated rings.